The number of aliphatic carboxylic acids is 1. The molecule has 48 valence electrons. The lowest BCUT2D eigenvalue weighted by Gasteiger charge is -2.00. The Kier molecular flexibility index (Phi) is 1.71. The van der Waals surface area contributed by atoms with E-state index in [1.165, 1.54) is 0 Å². The molecule has 2 heteroatoms. The molecule has 0 spiro atoms. The van der Waals surface area contributed by atoms with Gasteiger partial charge in [0.05, 0.1) is 5.57 Å². The summed E-state index contributed by atoms with van der Waals surface area (Å²) < 4.78 is 0. The maximum absolute atomic E-state index is 10.2. The van der Waals surface area contributed by atoms with Crippen LogP contribution < -0.4 is 0 Å². The zero-order valence-electron chi connectivity index (χ0n) is 5.05. The molecular formula is C7H8O2. The monoisotopic (exact) mass is 124 g/mol. The first kappa shape index (κ1) is 6.12. The van der Waals surface area contributed by atoms with Gasteiger partial charge in [-0.2, -0.15) is 0 Å². The Morgan fingerprint density at radius 1 is 1.78 bits per heavy atom. The number of carbonyl (C=O) groups is 1. The Bertz CT molecular complexity index is 185. The van der Waals surface area contributed by atoms with E-state index in [9.17, 15) is 4.79 Å². The summed E-state index contributed by atoms with van der Waals surface area (Å²) in [6.07, 6.45) is 4.38. The fourth-order valence-corrected chi connectivity index (χ4v) is 0.817. The minimum Gasteiger partial charge on any atom is -0.477 e. The van der Waals surface area contributed by atoms with Gasteiger partial charge in [-0.3, -0.25) is 0 Å². The minimum absolute atomic E-state index is 0.418. The highest BCUT2D eigenvalue weighted by atomic mass is 16.4. The highest BCUT2D eigenvalue weighted by Gasteiger charge is 2.06. The predicted molar refractivity (Wildman–Crippen MR) is 33.1 cm³/mol. The van der Waals surface area contributed by atoms with E-state index in [0.717, 1.165) is 12.8 Å². The average Bonchev–Trinajstić information content (AvgIpc) is 1.90. The van der Waals surface area contributed by atoms with Gasteiger partial charge in [0.25, 0.3) is 0 Å². The quantitative estimate of drug-likeness (QED) is 0.535. The van der Waals surface area contributed by atoms with Crippen molar-refractivity contribution < 1.29 is 9.90 Å². The molecule has 0 heterocycles. The fourth-order valence-electron chi connectivity index (χ4n) is 0.817. The smallest absolute Gasteiger partial charge is 0.339 e. The predicted octanol–water partition coefficient (Wildman–Crippen LogP) is 1.34. The van der Waals surface area contributed by atoms with Crippen molar-refractivity contribution in [2.24, 2.45) is 0 Å². The molecule has 1 aliphatic carbocycles. The standard InChI is InChI=1S/C7H8O2/c8-7(9)6-4-2-1-3-5-6/h2H,1,3,5H2,(H,8,9). The van der Waals surface area contributed by atoms with Crippen LogP contribution in [0.2, 0.25) is 0 Å². The maximum atomic E-state index is 10.2. The normalized spacial score (nSPS) is 17.1. The Balaban J connectivity index is 2.78. The zero-order valence-corrected chi connectivity index (χ0v) is 5.05. The molecule has 0 aromatic heterocycles. The molecule has 0 aromatic carbocycles. The lowest BCUT2D eigenvalue weighted by atomic mass is 10.1. The summed E-state index contributed by atoms with van der Waals surface area (Å²) in [5, 5.41) is 8.42. The third-order valence-electron chi connectivity index (χ3n) is 1.31. The van der Waals surface area contributed by atoms with Crippen molar-refractivity contribution in [1.82, 2.24) is 0 Å². The SMILES string of the molecule is O=C(O)C1=C=CCCC1. The van der Waals surface area contributed by atoms with Gasteiger partial charge in [-0.25, -0.2) is 4.79 Å². The van der Waals surface area contributed by atoms with Gasteiger partial charge in [-0.1, -0.05) is 0 Å². The van der Waals surface area contributed by atoms with E-state index in [1.54, 1.807) is 6.08 Å². The van der Waals surface area contributed by atoms with Crippen LogP contribution in [0.1, 0.15) is 19.3 Å². The molecule has 1 aliphatic rings. The summed E-state index contributed by atoms with van der Waals surface area (Å²) in [6, 6.07) is 0. The molecule has 1 rings (SSSR count). The van der Waals surface area contributed by atoms with Crippen molar-refractivity contribution in [3.63, 3.8) is 0 Å². The van der Waals surface area contributed by atoms with E-state index in [-0.39, 0.29) is 0 Å². The van der Waals surface area contributed by atoms with E-state index in [4.69, 9.17) is 5.11 Å². The first-order valence-electron chi connectivity index (χ1n) is 2.98. The molecule has 9 heavy (non-hydrogen) atoms. The van der Waals surface area contributed by atoms with Gasteiger partial charge in [-0.05, 0) is 25.3 Å². The summed E-state index contributed by atoms with van der Waals surface area (Å²) in [7, 11) is 0. The Morgan fingerprint density at radius 2 is 2.56 bits per heavy atom. The zero-order chi connectivity index (χ0) is 6.69. The van der Waals surface area contributed by atoms with Gasteiger partial charge in [0.1, 0.15) is 0 Å². The Labute approximate surface area is 53.5 Å². The molecule has 0 fully saturated rings. The lowest BCUT2D eigenvalue weighted by Crippen LogP contribution is -2.00. The van der Waals surface area contributed by atoms with E-state index in [2.05, 4.69) is 5.73 Å². The minimum atomic E-state index is -0.828. The first-order chi connectivity index (χ1) is 4.30. The average molecular weight is 124 g/mol. The summed E-state index contributed by atoms with van der Waals surface area (Å²) in [5.74, 6) is -0.828. The molecular weight excluding hydrogens is 116 g/mol. The molecule has 0 atom stereocenters. The number of carboxylic acids is 1. The van der Waals surface area contributed by atoms with Gasteiger partial charge in [-0.15, -0.1) is 5.73 Å². The van der Waals surface area contributed by atoms with Crippen LogP contribution in [0.3, 0.4) is 0 Å². The number of hydrogen-bond acceptors (Lipinski definition) is 1. The molecule has 0 unspecified atom stereocenters. The molecule has 2 nitrogen and oxygen atoms in total. The second-order valence-electron chi connectivity index (χ2n) is 2.02. The van der Waals surface area contributed by atoms with Crippen LogP contribution in [0, 0.1) is 0 Å². The lowest BCUT2D eigenvalue weighted by molar-refractivity contribution is -0.132. The fraction of sp³-hybridized carbons (Fsp3) is 0.429. The van der Waals surface area contributed by atoms with Crippen LogP contribution in [0.5, 0.6) is 0 Å². The van der Waals surface area contributed by atoms with Crippen molar-refractivity contribution in [2.45, 2.75) is 19.3 Å². The van der Waals surface area contributed by atoms with E-state index < -0.39 is 5.97 Å². The van der Waals surface area contributed by atoms with Crippen molar-refractivity contribution in [3.8, 4) is 0 Å². The highest BCUT2D eigenvalue weighted by molar-refractivity contribution is 5.86. The molecule has 0 aliphatic heterocycles. The Morgan fingerprint density at radius 3 is 2.89 bits per heavy atom. The topological polar surface area (TPSA) is 37.3 Å². The first-order valence-corrected chi connectivity index (χ1v) is 2.98. The largest absolute Gasteiger partial charge is 0.477 e. The van der Waals surface area contributed by atoms with Crippen molar-refractivity contribution >= 4 is 5.97 Å². The molecule has 0 aromatic rings. The molecule has 0 saturated heterocycles. The highest BCUT2D eigenvalue weighted by Crippen LogP contribution is 2.10. The van der Waals surface area contributed by atoms with Crippen LogP contribution in [0.15, 0.2) is 17.4 Å². The van der Waals surface area contributed by atoms with Gasteiger partial charge in [0, 0.05) is 0 Å². The van der Waals surface area contributed by atoms with Crippen LogP contribution in [-0.4, -0.2) is 11.1 Å². The number of hydrogen-bond donors (Lipinski definition) is 1. The van der Waals surface area contributed by atoms with Crippen LogP contribution in [0.4, 0.5) is 0 Å². The van der Waals surface area contributed by atoms with Crippen molar-refractivity contribution in [3.05, 3.63) is 17.4 Å². The number of carboxylic acid groups (broad SMARTS) is 1. The van der Waals surface area contributed by atoms with E-state index in [1.807, 2.05) is 0 Å². The van der Waals surface area contributed by atoms with Gasteiger partial charge < -0.3 is 5.11 Å². The summed E-state index contributed by atoms with van der Waals surface area (Å²) in [6.45, 7) is 0. The van der Waals surface area contributed by atoms with Gasteiger partial charge >= 0.3 is 5.97 Å². The van der Waals surface area contributed by atoms with Crippen molar-refractivity contribution in [1.29, 1.82) is 0 Å². The third-order valence-corrected chi connectivity index (χ3v) is 1.31. The van der Waals surface area contributed by atoms with Gasteiger partial charge in [0.15, 0.2) is 0 Å². The van der Waals surface area contributed by atoms with E-state index in [0.29, 0.717) is 12.0 Å². The van der Waals surface area contributed by atoms with Crippen LogP contribution in [-0.2, 0) is 4.79 Å². The molecule has 0 amide bonds. The van der Waals surface area contributed by atoms with Crippen molar-refractivity contribution in [2.75, 3.05) is 0 Å². The van der Waals surface area contributed by atoms with Crippen LogP contribution >= 0.6 is 0 Å². The molecule has 0 saturated carbocycles. The van der Waals surface area contributed by atoms with Gasteiger partial charge in [0.2, 0.25) is 0 Å². The maximum Gasteiger partial charge on any atom is 0.339 e. The second-order valence-corrected chi connectivity index (χ2v) is 2.02. The summed E-state index contributed by atoms with van der Waals surface area (Å²) >= 11 is 0. The molecule has 1 N–H and O–H groups in total. The third kappa shape index (κ3) is 1.44. The van der Waals surface area contributed by atoms with E-state index >= 15 is 0 Å². The second kappa shape index (κ2) is 2.51. The summed E-state index contributed by atoms with van der Waals surface area (Å²) in [4.78, 5) is 10.2. The molecule has 0 radical (unpaired) electrons. The van der Waals surface area contributed by atoms with Crippen LogP contribution in [0.25, 0.3) is 0 Å². The summed E-state index contributed by atoms with van der Waals surface area (Å²) in [5.41, 5.74) is 3.13. The Hall–Kier alpha value is -1.01. The molecule has 0 bridgehead atoms. The number of rotatable bonds is 1.